The van der Waals surface area contributed by atoms with Gasteiger partial charge in [0.15, 0.2) is 0 Å². The first kappa shape index (κ1) is 7.10. The molecule has 0 fully saturated rings. The molecule has 0 aromatic rings. The molecule has 0 rings (SSSR count). The highest BCUT2D eigenvalue weighted by molar-refractivity contribution is 7.47. The minimum atomic E-state index is -4.60. The van der Waals surface area contributed by atoms with Crippen molar-refractivity contribution in [2.45, 2.75) is 0 Å². The predicted molar refractivity (Wildman–Crippen MR) is 20.0 cm³/mol. The highest BCUT2D eigenvalue weighted by Crippen LogP contribution is 2.34. The molecule has 0 aliphatic rings. The van der Waals surface area contributed by atoms with Crippen LogP contribution in [0.5, 0.6) is 0 Å². The third-order valence-electron chi connectivity index (χ3n) is 0.177. The number of hydrogen-bond acceptors (Lipinski definition) is 2. The number of hydrogen-bond donors (Lipinski definition) is 2. The third-order valence-corrected chi connectivity index (χ3v) is 0.531. The van der Waals surface area contributed by atoms with Gasteiger partial charge in [-0.2, -0.15) is 0 Å². The van der Waals surface area contributed by atoms with Gasteiger partial charge in [-0.05, 0) is 0 Å². The number of phosphoric acid groups is 1. The van der Waals surface area contributed by atoms with E-state index in [0.717, 1.165) is 0 Å². The van der Waals surface area contributed by atoms with E-state index in [2.05, 4.69) is 4.44 Å². The highest BCUT2D eigenvalue weighted by atomic mass is 31.2. The fraction of sp³-hybridized carbons (Fsp3) is 0. The minimum absolute atomic E-state index is 0.555. The molecule has 0 saturated heterocycles. The Hall–Kier alpha value is 0.105. The molecule has 0 aliphatic carbocycles. The zero-order chi connectivity index (χ0) is 5.91. The van der Waals surface area contributed by atoms with Crippen LogP contribution in [0.1, 0.15) is 0 Å². The maximum atomic E-state index is 10.6. The Morgan fingerprint density at radius 1 is 1.71 bits per heavy atom. The lowest BCUT2D eigenvalue weighted by Gasteiger charge is -1.95. The average Bonchev–Trinajstić information content (AvgIpc) is 1.30. The highest BCUT2D eigenvalue weighted by Gasteiger charge is 2.13. The summed E-state index contributed by atoms with van der Waals surface area (Å²) in [7, 11) is -5.15. The minimum Gasteiger partial charge on any atom is -0.316 e. The Kier molecular flexibility index (Phi) is 2.46. The van der Waals surface area contributed by atoms with Crippen LogP contribution in [0.4, 0.5) is 4.32 Å². The monoisotopic (exact) mass is 127 g/mol. The summed E-state index contributed by atoms with van der Waals surface area (Å²) in [6.45, 7) is 0. The molecule has 7 heteroatoms. The first-order valence-electron chi connectivity index (χ1n) is 1.22. The molecule has 0 aromatic carbocycles. The van der Waals surface area contributed by atoms with Crippen LogP contribution in [0.2, 0.25) is 0 Å². The van der Waals surface area contributed by atoms with E-state index in [1.807, 2.05) is 0 Å². The molecule has 0 bridgehead atoms. The van der Waals surface area contributed by atoms with Gasteiger partial charge in [0.25, 0.3) is 0 Å². The van der Waals surface area contributed by atoms with Crippen molar-refractivity contribution in [2.24, 2.45) is 0 Å². The lowest BCUT2D eigenvalue weighted by molar-refractivity contribution is 0.281. The van der Waals surface area contributed by atoms with Gasteiger partial charge in [-0.3, -0.25) is 4.32 Å². The molecular weight excluding hydrogens is 125 g/mol. The summed E-state index contributed by atoms with van der Waals surface area (Å²) in [4.78, 5) is 15.3. The summed E-state index contributed by atoms with van der Waals surface area (Å²) in [5.41, 5.74) is 0. The van der Waals surface area contributed by atoms with E-state index in [0.29, 0.717) is 0 Å². The molecule has 0 spiro atoms. The van der Waals surface area contributed by atoms with E-state index in [-0.39, 0.29) is 0 Å². The van der Waals surface area contributed by atoms with Crippen LogP contribution >= 0.6 is 7.82 Å². The summed E-state index contributed by atoms with van der Waals surface area (Å²) in [5, 5.41) is 0. The maximum Gasteiger partial charge on any atom is 0.544 e. The van der Waals surface area contributed by atoms with E-state index in [1.165, 1.54) is 0 Å². The summed E-state index contributed by atoms with van der Waals surface area (Å²) < 4.78 is 23.2. The third kappa shape index (κ3) is 6.10. The molecular formula is H2BFO4P. The molecule has 1 radical (unpaired) electrons. The molecule has 0 heterocycles. The van der Waals surface area contributed by atoms with Crippen molar-refractivity contribution in [2.75, 3.05) is 0 Å². The van der Waals surface area contributed by atoms with Crippen molar-refractivity contribution in [3.63, 3.8) is 0 Å². The van der Waals surface area contributed by atoms with Crippen LogP contribution in [-0.4, -0.2) is 17.5 Å². The van der Waals surface area contributed by atoms with Gasteiger partial charge in [-0.1, -0.05) is 0 Å². The molecule has 0 aliphatic heterocycles. The summed E-state index contributed by atoms with van der Waals surface area (Å²) in [6, 6.07) is 0. The Morgan fingerprint density at radius 3 is 2.14 bits per heavy atom. The van der Waals surface area contributed by atoms with E-state index in [4.69, 9.17) is 9.79 Å². The van der Waals surface area contributed by atoms with Crippen molar-refractivity contribution in [3.8, 4) is 0 Å². The molecule has 41 valence electrons. The van der Waals surface area contributed by atoms with Gasteiger partial charge in [0.2, 0.25) is 0 Å². The van der Waals surface area contributed by atoms with Crippen LogP contribution in [-0.2, 0) is 9.01 Å². The van der Waals surface area contributed by atoms with Crippen LogP contribution in [0, 0.1) is 0 Å². The Bertz CT molecular complexity index is 85.7. The van der Waals surface area contributed by atoms with Gasteiger partial charge >= 0.3 is 15.6 Å². The zero-order valence-electron chi connectivity index (χ0n) is 3.11. The Morgan fingerprint density at radius 2 is 2.14 bits per heavy atom. The fourth-order valence-corrected chi connectivity index (χ4v) is 0.156. The molecule has 2 N–H and O–H groups in total. The number of rotatable bonds is 2. The first-order valence-corrected chi connectivity index (χ1v) is 2.75. The van der Waals surface area contributed by atoms with Crippen LogP contribution in [0.3, 0.4) is 0 Å². The molecule has 0 atom stereocenters. The second-order valence-corrected chi connectivity index (χ2v) is 1.88. The van der Waals surface area contributed by atoms with Crippen LogP contribution in [0.25, 0.3) is 0 Å². The Labute approximate surface area is 39.9 Å². The predicted octanol–water partition coefficient (Wildman–Crippen LogP) is -0.401. The second kappa shape index (κ2) is 2.42. The Balaban J connectivity index is 3.36. The zero-order valence-corrected chi connectivity index (χ0v) is 4.01. The average molecular weight is 127 g/mol. The second-order valence-electron chi connectivity index (χ2n) is 0.685. The number of halogens is 1. The van der Waals surface area contributed by atoms with Crippen LogP contribution < -0.4 is 0 Å². The molecule has 4 nitrogen and oxygen atoms in total. The van der Waals surface area contributed by atoms with Crippen LogP contribution in [0.15, 0.2) is 0 Å². The first-order chi connectivity index (χ1) is 3.06. The molecule has 0 amide bonds. The van der Waals surface area contributed by atoms with Gasteiger partial charge in [0, 0.05) is 0 Å². The van der Waals surface area contributed by atoms with Crippen molar-refractivity contribution in [1.82, 2.24) is 0 Å². The van der Waals surface area contributed by atoms with Gasteiger partial charge in [-0.15, -0.1) is 0 Å². The van der Waals surface area contributed by atoms with Crippen molar-refractivity contribution >= 4 is 15.6 Å². The lowest BCUT2D eigenvalue weighted by atomic mass is 10.5. The largest absolute Gasteiger partial charge is 0.544 e. The standard InChI is InChI=1S/BFH2O4P/c2-1-6-7(3,4)5/h(H2,3,4,5). The van der Waals surface area contributed by atoms with E-state index < -0.39 is 15.6 Å². The van der Waals surface area contributed by atoms with Crippen molar-refractivity contribution in [1.29, 1.82) is 0 Å². The topological polar surface area (TPSA) is 66.8 Å². The van der Waals surface area contributed by atoms with E-state index >= 15 is 0 Å². The fourth-order valence-electron chi connectivity index (χ4n) is 0.0519. The molecule has 0 aromatic heterocycles. The van der Waals surface area contributed by atoms with E-state index in [1.54, 1.807) is 0 Å². The molecule has 0 saturated carbocycles. The van der Waals surface area contributed by atoms with Gasteiger partial charge in [0.05, 0.1) is 0 Å². The van der Waals surface area contributed by atoms with Gasteiger partial charge in [-0.25, -0.2) is 4.57 Å². The lowest BCUT2D eigenvalue weighted by Crippen LogP contribution is -1.87. The van der Waals surface area contributed by atoms with Gasteiger partial charge in [0.1, 0.15) is 0 Å². The SMILES string of the molecule is O=P(O)(O)O[B]F. The smallest absolute Gasteiger partial charge is 0.316 e. The maximum absolute atomic E-state index is 10.6. The van der Waals surface area contributed by atoms with Crippen molar-refractivity contribution in [3.05, 3.63) is 0 Å². The molecule has 0 unspecified atom stereocenters. The summed E-state index contributed by atoms with van der Waals surface area (Å²) in [6.07, 6.45) is 0. The van der Waals surface area contributed by atoms with E-state index in [9.17, 15) is 8.88 Å². The molecule has 7 heavy (non-hydrogen) atoms. The van der Waals surface area contributed by atoms with Crippen molar-refractivity contribution < 1.29 is 23.1 Å². The van der Waals surface area contributed by atoms with Gasteiger partial charge < -0.3 is 14.2 Å². The quantitative estimate of drug-likeness (QED) is 0.391. The summed E-state index contributed by atoms with van der Waals surface area (Å²) >= 11 is 0. The summed E-state index contributed by atoms with van der Waals surface area (Å²) in [5.74, 6) is 0. The normalized spacial score (nSPS) is 11.3.